The molecule has 0 aromatic heterocycles. The Hall–Kier alpha value is -2.01. The van der Waals surface area contributed by atoms with Crippen molar-refractivity contribution in [3.63, 3.8) is 0 Å². The van der Waals surface area contributed by atoms with E-state index in [1.807, 2.05) is 32.0 Å². The van der Waals surface area contributed by atoms with E-state index in [9.17, 15) is 23.4 Å². The third-order valence-electron chi connectivity index (χ3n) is 5.82. The van der Waals surface area contributed by atoms with Gasteiger partial charge in [-0.25, -0.2) is 0 Å². The molecule has 9 heteroatoms. The first kappa shape index (κ1) is 23.2. The van der Waals surface area contributed by atoms with E-state index in [2.05, 4.69) is 0 Å². The molecule has 2 aliphatic rings. The van der Waals surface area contributed by atoms with Crippen LogP contribution >= 0.6 is 0 Å². The summed E-state index contributed by atoms with van der Waals surface area (Å²) in [6, 6.07) is 10.4. The number of hydrogen-bond acceptors (Lipinski definition) is 6. The van der Waals surface area contributed by atoms with Crippen LogP contribution in [0.1, 0.15) is 40.4 Å². The van der Waals surface area contributed by atoms with E-state index >= 15 is 0 Å². The number of benzene rings is 2. The summed E-state index contributed by atoms with van der Waals surface area (Å²) in [4.78, 5) is 0. The number of halogens is 3. The highest BCUT2D eigenvalue weighted by Crippen LogP contribution is 2.40. The number of alkyl halides is 3. The second-order valence-corrected chi connectivity index (χ2v) is 8.09. The molecule has 6 nitrogen and oxygen atoms in total. The summed E-state index contributed by atoms with van der Waals surface area (Å²) in [5.41, 5.74) is 2.25. The number of fused-ring (bicyclic) bond motifs is 1. The van der Waals surface area contributed by atoms with Crippen molar-refractivity contribution < 1.29 is 42.3 Å². The first-order valence-electron chi connectivity index (χ1n) is 10.3. The van der Waals surface area contributed by atoms with Crippen molar-refractivity contribution >= 4 is 0 Å². The minimum Gasteiger partial charge on any atom is -0.394 e. The van der Waals surface area contributed by atoms with Gasteiger partial charge in [0.05, 0.1) is 18.8 Å². The van der Waals surface area contributed by atoms with Crippen LogP contribution < -0.4 is 0 Å². The van der Waals surface area contributed by atoms with Crippen LogP contribution in [0.2, 0.25) is 0 Å². The monoisotopic (exact) mass is 454 g/mol. The van der Waals surface area contributed by atoms with Crippen molar-refractivity contribution in [2.24, 2.45) is 0 Å². The summed E-state index contributed by atoms with van der Waals surface area (Å²) in [5, 5.41) is 19.9. The maximum atomic E-state index is 13.1. The fourth-order valence-electron chi connectivity index (χ4n) is 3.88. The molecule has 2 heterocycles. The standard InChI is InChI=1S/C23H25F3O6/c1-12-6-7-15(8-13(12)2)22-30-18-11-29-21(32-20(18)19(31-22)17(28)10-27)14-4-3-5-16(9-14)23(24,25)26/h3-9,17-22,27-28H,10-11H2,1-2H3/t17-,18+,19-,20-,21?,22?/m1/s1. The van der Waals surface area contributed by atoms with Gasteiger partial charge in [-0.15, -0.1) is 0 Å². The van der Waals surface area contributed by atoms with Gasteiger partial charge < -0.3 is 29.2 Å². The van der Waals surface area contributed by atoms with E-state index in [1.165, 1.54) is 12.1 Å². The van der Waals surface area contributed by atoms with E-state index in [0.29, 0.717) is 0 Å². The van der Waals surface area contributed by atoms with Gasteiger partial charge in [-0.05, 0) is 37.1 Å². The number of ether oxygens (including phenoxy) is 4. The molecule has 2 aliphatic heterocycles. The molecule has 2 aromatic rings. The number of aliphatic hydroxyl groups is 2. The van der Waals surface area contributed by atoms with Gasteiger partial charge in [-0.3, -0.25) is 0 Å². The highest BCUT2D eigenvalue weighted by atomic mass is 19.4. The maximum absolute atomic E-state index is 13.1. The molecule has 2 unspecified atom stereocenters. The third kappa shape index (κ3) is 4.68. The van der Waals surface area contributed by atoms with Crippen molar-refractivity contribution in [1.29, 1.82) is 0 Å². The summed E-state index contributed by atoms with van der Waals surface area (Å²) in [6.07, 6.45) is -10.2. The van der Waals surface area contributed by atoms with Crippen molar-refractivity contribution in [2.75, 3.05) is 13.2 Å². The molecule has 0 aliphatic carbocycles. The average Bonchev–Trinajstić information content (AvgIpc) is 2.78. The molecule has 0 spiro atoms. The van der Waals surface area contributed by atoms with Crippen LogP contribution in [0, 0.1) is 13.8 Å². The van der Waals surface area contributed by atoms with Crippen LogP contribution in [0.15, 0.2) is 42.5 Å². The van der Waals surface area contributed by atoms with Crippen LogP contribution in [0.25, 0.3) is 0 Å². The van der Waals surface area contributed by atoms with Crippen molar-refractivity contribution in [3.8, 4) is 0 Å². The molecule has 2 saturated heterocycles. The second kappa shape index (κ2) is 9.09. The summed E-state index contributed by atoms with van der Waals surface area (Å²) < 4.78 is 62.8. The Morgan fingerprint density at radius 1 is 0.969 bits per heavy atom. The molecular weight excluding hydrogens is 429 g/mol. The van der Waals surface area contributed by atoms with E-state index in [0.717, 1.165) is 28.8 Å². The van der Waals surface area contributed by atoms with Gasteiger partial charge in [-0.1, -0.05) is 30.3 Å². The summed E-state index contributed by atoms with van der Waals surface area (Å²) in [7, 11) is 0. The first-order chi connectivity index (χ1) is 15.2. The highest BCUT2D eigenvalue weighted by molar-refractivity contribution is 5.31. The first-order valence-corrected chi connectivity index (χ1v) is 10.3. The minimum absolute atomic E-state index is 0.0188. The van der Waals surface area contributed by atoms with Crippen molar-refractivity contribution in [3.05, 3.63) is 70.3 Å². The maximum Gasteiger partial charge on any atom is 0.416 e. The van der Waals surface area contributed by atoms with Crippen LogP contribution in [0.4, 0.5) is 13.2 Å². The van der Waals surface area contributed by atoms with Crippen molar-refractivity contribution in [2.45, 2.75) is 57.0 Å². The molecule has 6 atom stereocenters. The number of aliphatic hydroxyl groups excluding tert-OH is 2. The summed E-state index contributed by atoms with van der Waals surface area (Å²) >= 11 is 0. The lowest BCUT2D eigenvalue weighted by Crippen LogP contribution is -2.58. The molecular formula is C23H25F3O6. The molecule has 32 heavy (non-hydrogen) atoms. The van der Waals surface area contributed by atoms with Gasteiger partial charge >= 0.3 is 6.18 Å². The molecule has 0 radical (unpaired) electrons. The second-order valence-electron chi connectivity index (χ2n) is 8.09. The normalized spacial score (nSPS) is 29.4. The van der Waals surface area contributed by atoms with Gasteiger partial charge in [0, 0.05) is 11.1 Å². The summed E-state index contributed by atoms with van der Waals surface area (Å²) in [5.74, 6) is 0. The zero-order valence-electron chi connectivity index (χ0n) is 17.6. The number of hydrogen-bond donors (Lipinski definition) is 2. The average molecular weight is 454 g/mol. The smallest absolute Gasteiger partial charge is 0.394 e. The van der Waals surface area contributed by atoms with Gasteiger partial charge in [-0.2, -0.15) is 13.2 Å². The highest BCUT2D eigenvalue weighted by Gasteiger charge is 2.48. The Kier molecular flexibility index (Phi) is 6.58. The molecule has 2 aromatic carbocycles. The Balaban J connectivity index is 1.57. The van der Waals surface area contributed by atoms with E-state index in [4.69, 9.17) is 18.9 Å². The fraction of sp³-hybridized carbons (Fsp3) is 0.478. The zero-order chi connectivity index (χ0) is 23.0. The Bertz CT molecular complexity index is 950. The van der Waals surface area contributed by atoms with Crippen LogP contribution in [0.3, 0.4) is 0 Å². The lowest BCUT2D eigenvalue weighted by atomic mass is 9.98. The molecule has 0 saturated carbocycles. The molecule has 4 rings (SSSR count). The third-order valence-corrected chi connectivity index (χ3v) is 5.82. The SMILES string of the molecule is Cc1ccc(C2O[C@H]([C@H](O)CO)[C@@H]3OC(c4cccc(C(F)(F)F)c4)OC[C@@H]3O2)cc1C. The summed E-state index contributed by atoms with van der Waals surface area (Å²) in [6.45, 7) is 3.38. The quantitative estimate of drug-likeness (QED) is 0.736. The molecule has 0 amide bonds. The van der Waals surface area contributed by atoms with E-state index in [1.54, 1.807) is 0 Å². The molecule has 2 fully saturated rings. The zero-order valence-corrected chi connectivity index (χ0v) is 17.6. The largest absolute Gasteiger partial charge is 0.416 e. The van der Waals surface area contributed by atoms with Crippen molar-refractivity contribution in [1.82, 2.24) is 0 Å². The fourth-order valence-corrected chi connectivity index (χ4v) is 3.88. The number of rotatable bonds is 4. The van der Waals surface area contributed by atoms with Gasteiger partial charge in [0.1, 0.15) is 24.4 Å². The van der Waals surface area contributed by atoms with Crippen LogP contribution in [-0.4, -0.2) is 47.8 Å². The molecule has 2 N–H and O–H groups in total. The topological polar surface area (TPSA) is 77.4 Å². The van der Waals surface area contributed by atoms with Gasteiger partial charge in [0.2, 0.25) is 0 Å². The predicted molar refractivity (Wildman–Crippen MR) is 107 cm³/mol. The van der Waals surface area contributed by atoms with Gasteiger partial charge in [0.25, 0.3) is 0 Å². The van der Waals surface area contributed by atoms with E-state index in [-0.39, 0.29) is 12.2 Å². The lowest BCUT2D eigenvalue weighted by Gasteiger charge is -2.47. The predicted octanol–water partition coefficient (Wildman–Crippen LogP) is 3.57. The molecule has 174 valence electrons. The van der Waals surface area contributed by atoms with Crippen LogP contribution in [0.5, 0.6) is 0 Å². The van der Waals surface area contributed by atoms with Gasteiger partial charge in [0.15, 0.2) is 12.6 Å². The Labute approximate surface area is 183 Å². The van der Waals surface area contributed by atoms with E-state index < -0.39 is 55.3 Å². The Morgan fingerprint density at radius 2 is 1.72 bits per heavy atom. The molecule has 0 bridgehead atoms. The van der Waals surface area contributed by atoms with Crippen LogP contribution in [-0.2, 0) is 25.1 Å². The Morgan fingerprint density at radius 3 is 2.41 bits per heavy atom. The lowest BCUT2D eigenvalue weighted by molar-refractivity contribution is -0.373. The number of aryl methyl sites for hydroxylation is 2. The minimum atomic E-state index is -4.50.